The second kappa shape index (κ2) is 10.8. The molecule has 0 spiro atoms. The van der Waals surface area contributed by atoms with Gasteiger partial charge in [-0.25, -0.2) is 13.8 Å². The van der Waals surface area contributed by atoms with Crippen molar-refractivity contribution in [3.05, 3.63) is 36.2 Å². The normalized spacial score (nSPS) is 20.3. The van der Waals surface area contributed by atoms with E-state index in [1.165, 1.54) is 4.57 Å². The van der Waals surface area contributed by atoms with Crippen molar-refractivity contribution in [1.82, 2.24) is 24.4 Å². The second-order valence-electron chi connectivity index (χ2n) is 9.87. The molecule has 0 bridgehead atoms. The fraction of sp³-hybridized carbons (Fsp3) is 0.538. The van der Waals surface area contributed by atoms with E-state index in [-0.39, 0.29) is 29.6 Å². The number of likely N-dealkylation sites (tertiary alicyclic amines) is 1. The van der Waals surface area contributed by atoms with Gasteiger partial charge in [0.2, 0.25) is 17.7 Å². The van der Waals surface area contributed by atoms with Crippen LogP contribution in [0.2, 0.25) is 0 Å². The van der Waals surface area contributed by atoms with Gasteiger partial charge in [-0.2, -0.15) is 9.97 Å². The van der Waals surface area contributed by atoms with Crippen LogP contribution in [0.5, 0.6) is 5.88 Å². The van der Waals surface area contributed by atoms with Crippen LogP contribution >= 0.6 is 0 Å². The monoisotopic (exact) mass is 528 g/mol. The van der Waals surface area contributed by atoms with E-state index in [4.69, 9.17) is 14.2 Å². The van der Waals surface area contributed by atoms with Gasteiger partial charge in [-0.15, -0.1) is 0 Å². The number of anilines is 1. The Labute approximate surface area is 218 Å². The number of hydrogen-bond donors (Lipinski definition) is 0. The number of ether oxygens (including phenoxy) is 3. The number of amides is 1. The van der Waals surface area contributed by atoms with E-state index < -0.39 is 6.43 Å². The number of hydrogen-bond acceptors (Lipinski definition) is 8. The van der Waals surface area contributed by atoms with Crippen LogP contribution in [-0.4, -0.2) is 89.0 Å². The number of alkyl halides is 2. The number of nitrogens with zero attached hydrogens (tertiary/aromatic N) is 6. The first-order valence-electron chi connectivity index (χ1n) is 13.0. The first-order valence-corrected chi connectivity index (χ1v) is 13.0. The second-order valence-corrected chi connectivity index (χ2v) is 9.87. The van der Waals surface area contributed by atoms with Gasteiger partial charge >= 0.3 is 0 Å². The lowest BCUT2D eigenvalue weighted by molar-refractivity contribution is -0.140. The first-order chi connectivity index (χ1) is 18.5. The predicted octanol–water partition coefficient (Wildman–Crippen LogP) is 3.00. The number of fused-ring (bicyclic) bond motifs is 1. The lowest BCUT2D eigenvalue weighted by atomic mass is 10.00. The summed E-state index contributed by atoms with van der Waals surface area (Å²) in [5.41, 5.74) is 0.985. The quantitative estimate of drug-likeness (QED) is 0.441. The molecular weight excluding hydrogens is 498 g/mol. The number of morpholine rings is 1. The smallest absolute Gasteiger partial charge is 0.296 e. The molecule has 0 radical (unpaired) electrons. The zero-order valence-corrected chi connectivity index (χ0v) is 21.0. The van der Waals surface area contributed by atoms with Crippen LogP contribution in [0.3, 0.4) is 0 Å². The van der Waals surface area contributed by atoms with Crippen LogP contribution in [0.25, 0.3) is 16.9 Å². The number of carbonyl (C=O) groups is 1. The van der Waals surface area contributed by atoms with Gasteiger partial charge in [0.15, 0.2) is 5.82 Å². The minimum atomic E-state index is -2.79. The average molecular weight is 529 g/mol. The summed E-state index contributed by atoms with van der Waals surface area (Å²) in [4.78, 5) is 29.7. The van der Waals surface area contributed by atoms with Crippen molar-refractivity contribution in [3.8, 4) is 11.7 Å². The molecule has 0 N–H and O–H groups in total. The molecule has 3 aliphatic heterocycles. The van der Waals surface area contributed by atoms with E-state index in [0.717, 1.165) is 19.4 Å². The molecule has 1 aromatic carbocycles. The molecule has 3 fully saturated rings. The summed E-state index contributed by atoms with van der Waals surface area (Å²) in [7, 11) is 0. The van der Waals surface area contributed by atoms with E-state index in [0.29, 0.717) is 75.3 Å². The van der Waals surface area contributed by atoms with Gasteiger partial charge in [0.05, 0.1) is 43.4 Å². The number of para-hydroxylation sites is 2. The summed E-state index contributed by atoms with van der Waals surface area (Å²) < 4.78 is 46.5. The van der Waals surface area contributed by atoms with Crippen molar-refractivity contribution >= 4 is 22.9 Å². The molecule has 3 aliphatic rings. The molecule has 5 heterocycles. The summed E-state index contributed by atoms with van der Waals surface area (Å²) in [6.45, 7) is 4.53. The van der Waals surface area contributed by atoms with E-state index in [2.05, 4.69) is 15.0 Å². The van der Waals surface area contributed by atoms with Crippen molar-refractivity contribution < 1.29 is 27.8 Å². The third kappa shape index (κ3) is 5.14. The maximum absolute atomic E-state index is 14.0. The van der Waals surface area contributed by atoms with Crippen molar-refractivity contribution in [3.63, 3.8) is 0 Å². The SMILES string of the molecule is O=C(CC1CCCO1)N1CC(COc2cc(-n3c(C(F)F)nc4ccccc43)nc(N3CCOCC3)n2)C1. The summed E-state index contributed by atoms with van der Waals surface area (Å²) in [5.74, 6) is 0.836. The van der Waals surface area contributed by atoms with E-state index in [9.17, 15) is 13.6 Å². The van der Waals surface area contributed by atoms with Crippen molar-refractivity contribution in [2.45, 2.75) is 31.8 Å². The molecule has 6 rings (SSSR count). The highest BCUT2D eigenvalue weighted by Gasteiger charge is 2.33. The highest BCUT2D eigenvalue weighted by molar-refractivity contribution is 5.78. The maximum Gasteiger partial charge on any atom is 0.296 e. The Morgan fingerprint density at radius 1 is 1.11 bits per heavy atom. The molecule has 0 aliphatic carbocycles. The summed E-state index contributed by atoms with van der Waals surface area (Å²) in [6.07, 6.45) is -0.380. The van der Waals surface area contributed by atoms with Gasteiger partial charge in [0.1, 0.15) is 5.82 Å². The van der Waals surface area contributed by atoms with E-state index in [1.54, 1.807) is 30.3 Å². The molecule has 2 aromatic heterocycles. The van der Waals surface area contributed by atoms with Crippen molar-refractivity contribution in [2.24, 2.45) is 5.92 Å². The van der Waals surface area contributed by atoms with Crippen LogP contribution in [0, 0.1) is 5.92 Å². The van der Waals surface area contributed by atoms with Crippen LogP contribution in [0.4, 0.5) is 14.7 Å². The van der Waals surface area contributed by atoms with Gasteiger partial charge in [-0.3, -0.25) is 9.36 Å². The fourth-order valence-electron chi connectivity index (χ4n) is 5.14. The number of imidazole rings is 1. The number of carbonyl (C=O) groups excluding carboxylic acids is 1. The number of benzene rings is 1. The van der Waals surface area contributed by atoms with E-state index in [1.807, 2.05) is 9.80 Å². The summed E-state index contributed by atoms with van der Waals surface area (Å²) in [5, 5.41) is 0. The highest BCUT2D eigenvalue weighted by atomic mass is 19.3. The van der Waals surface area contributed by atoms with Gasteiger partial charge in [-0.1, -0.05) is 12.1 Å². The number of halogens is 2. The molecule has 1 atom stereocenters. The van der Waals surface area contributed by atoms with Crippen LogP contribution in [0.15, 0.2) is 30.3 Å². The zero-order chi connectivity index (χ0) is 26.1. The van der Waals surface area contributed by atoms with Gasteiger partial charge in [0.25, 0.3) is 6.43 Å². The van der Waals surface area contributed by atoms with E-state index >= 15 is 0 Å². The molecular formula is C26H30F2N6O4. The highest BCUT2D eigenvalue weighted by Crippen LogP contribution is 2.30. The van der Waals surface area contributed by atoms with Crippen molar-refractivity contribution in [1.29, 1.82) is 0 Å². The largest absolute Gasteiger partial charge is 0.477 e. The minimum absolute atomic E-state index is 0.0354. The Hall–Kier alpha value is -3.38. The Balaban J connectivity index is 1.21. The molecule has 1 unspecified atom stereocenters. The fourth-order valence-corrected chi connectivity index (χ4v) is 5.14. The third-order valence-corrected chi connectivity index (χ3v) is 7.19. The maximum atomic E-state index is 14.0. The molecule has 3 aromatic rings. The Morgan fingerprint density at radius 3 is 2.68 bits per heavy atom. The lowest BCUT2D eigenvalue weighted by Crippen LogP contribution is -2.52. The average Bonchev–Trinajstić information content (AvgIpc) is 3.56. The van der Waals surface area contributed by atoms with Crippen LogP contribution in [0.1, 0.15) is 31.5 Å². The van der Waals surface area contributed by atoms with Crippen LogP contribution < -0.4 is 9.64 Å². The van der Waals surface area contributed by atoms with Crippen molar-refractivity contribution in [2.75, 3.05) is 57.5 Å². The Kier molecular flexibility index (Phi) is 7.07. The third-order valence-electron chi connectivity index (χ3n) is 7.19. The predicted molar refractivity (Wildman–Crippen MR) is 134 cm³/mol. The minimum Gasteiger partial charge on any atom is -0.477 e. The zero-order valence-electron chi connectivity index (χ0n) is 21.0. The molecule has 38 heavy (non-hydrogen) atoms. The summed E-state index contributed by atoms with van der Waals surface area (Å²) in [6, 6.07) is 8.54. The number of rotatable bonds is 8. The molecule has 1 amide bonds. The Morgan fingerprint density at radius 2 is 1.92 bits per heavy atom. The topological polar surface area (TPSA) is 94.8 Å². The van der Waals surface area contributed by atoms with Gasteiger partial charge < -0.3 is 24.0 Å². The molecule has 10 nitrogen and oxygen atoms in total. The van der Waals surface area contributed by atoms with Gasteiger partial charge in [0, 0.05) is 44.8 Å². The molecule has 0 saturated carbocycles. The summed E-state index contributed by atoms with van der Waals surface area (Å²) >= 11 is 0. The Bertz CT molecular complexity index is 1290. The molecule has 3 saturated heterocycles. The first kappa shape index (κ1) is 24.9. The lowest BCUT2D eigenvalue weighted by Gasteiger charge is -2.39. The molecule has 202 valence electrons. The van der Waals surface area contributed by atoms with Crippen LogP contribution in [-0.2, 0) is 14.3 Å². The standard InChI is InChI=1S/C26H30F2N6O4/c27-24(28)25-29-19-5-1-2-6-20(19)34(25)21-13-22(31-26(30-21)32-7-10-36-11-8-32)38-16-17-14-33(15-17)23(35)12-18-4-3-9-37-18/h1-2,5-6,13,17-18,24H,3-4,7-12,14-16H2. The molecule has 12 heteroatoms. The number of aromatic nitrogens is 4. The van der Waals surface area contributed by atoms with Gasteiger partial charge in [-0.05, 0) is 25.0 Å².